The topological polar surface area (TPSA) is 35.5 Å². The number of hydrogen-bond donors (Lipinski definition) is 2. The molecule has 1 atom stereocenters. The first-order valence-electron chi connectivity index (χ1n) is 8.17. The summed E-state index contributed by atoms with van der Waals surface area (Å²) in [6.45, 7) is 1.90. The Morgan fingerprint density at radius 2 is 2.14 bits per heavy atom. The van der Waals surface area contributed by atoms with Gasteiger partial charge in [-0.1, -0.05) is 6.07 Å². The van der Waals surface area contributed by atoms with Crippen LogP contribution in [0, 0.1) is 5.82 Å². The summed E-state index contributed by atoms with van der Waals surface area (Å²) in [5.41, 5.74) is 1.75. The molecule has 2 fully saturated rings. The smallest absolute Gasteiger partial charge is 0.146 e. The number of benzene rings is 1. The minimum atomic E-state index is -0.110. The highest BCUT2D eigenvalue weighted by Gasteiger charge is 2.26. The molecule has 0 spiro atoms. The highest BCUT2D eigenvalue weighted by Crippen LogP contribution is 2.30. The van der Waals surface area contributed by atoms with Crippen molar-refractivity contribution < 1.29 is 9.50 Å². The van der Waals surface area contributed by atoms with Crippen LogP contribution in [0.25, 0.3) is 0 Å². The van der Waals surface area contributed by atoms with Crippen LogP contribution in [0.5, 0.6) is 0 Å². The van der Waals surface area contributed by atoms with Crippen LogP contribution in [0.4, 0.5) is 10.1 Å². The van der Waals surface area contributed by atoms with Crippen molar-refractivity contribution in [2.75, 3.05) is 18.1 Å². The summed E-state index contributed by atoms with van der Waals surface area (Å²) in [6, 6.07) is 6.66. The van der Waals surface area contributed by atoms with Gasteiger partial charge in [0.2, 0.25) is 0 Å². The quantitative estimate of drug-likeness (QED) is 0.811. The average molecular weight is 292 g/mol. The molecule has 116 valence electrons. The molecule has 0 radical (unpaired) electrons. The Kier molecular flexibility index (Phi) is 4.76. The third kappa shape index (κ3) is 3.74. The van der Waals surface area contributed by atoms with Crippen molar-refractivity contribution in [3.63, 3.8) is 0 Å². The number of hydrogen-bond acceptors (Lipinski definition) is 3. The maximum atomic E-state index is 14.4. The van der Waals surface area contributed by atoms with Gasteiger partial charge < -0.3 is 15.3 Å². The summed E-state index contributed by atoms with van der Waals surface area (Å²) in [6.07, 6.45) is 6.46. The molecule has 0 bridgehead atoms. The lowest BCUT2D eigenvalue weighted by Gasteiger charge is -2.27. The van der Waals surface area contributed by atoms with Gasteiger partial charge in [-0.3, -0.25) is 0 Å². The fourth-order valence-electron chi connectivity index (χ4n) is 3.22. The monoisotopic (exact) mass is 292 g/mol. The molecule has 0 aromatic heterocycles. The van der Waals surface area contributed by atoms with Crippen molar-refractivity contribution in [1.29, 1.82) is 0 Å². The fraction of sp³-hybridized carbons (Fsp3) is 0.647. The molecule has 1 aromatic carbocycles. The Balaban J connectivity index is 1.65. The van der Waals surface area contributed by atoms with E-state index >= 15 is 0 Å². The summed E-state index contributed by atoms with van der Waals surface area (Å²) < 4.78 is 14.4. The number of nitrogens with zero attached hydrogens (tertiary/aromatic N) is 1. The second-order valence-electron chi connectivity index (χ2n) is 6.30. The maximum absolute atomic E-state index is 14.4. The third-order valence-corrected chi connectivity index (χ3v) is 4.57. The van der Waals surface area contributed by atoms with Crippen molar-refractivity contribution in [1.82, 2.24) is 5.32 Å². The van der Waals surface area contributed by atoms with Gasteiger partial charge in [-0.15, -0.1) is 0 Å². The van der Waals surface area contributed by atoms with E-state index in [2.05, 4.69) is 10.2 Å². The predicted molar refractivity (Wildman–Crippen MR) is 82.9 cm³/mol. The SMILES string of the molecule is OCCCC1CCCN1c1ccc(CNC2CC2)cc1F. The van der Waals surface area contributed by atoms with Gasteiger partial charge in [0.25, 0.3) is 0 Å². The molecule has 1 saturated heterocycles. The fourth-order valence-corrected chi connectivity index (χ4v) is 3.22. The van der Waals surface area contributed by atoms with Gasteiger partial charge in [-0.25, -0.2) is 4.39 Å². The Labute approximate surface area is 126 Å². The number of aliphatic hydroxyl groups excluding tert-OH is 1. The Hall–Kier alpha value is -1.13. The van der Waals surface area contributed by atoms with Crippen molar-refractivity contribution >= 4 is 5.69 Å². The van der Waals surface area contributed by atoms with Crippen LogP contribution in [0.15, 0.2) is 18.2 Å². The first kappa shape index (κ1) is 14.8. The molecule has 2 aliphatic rings. The van der Waals surface area contributed by atoms with E-state index in [4.69, 9.17) is 5.11 Å². The van der Waals surface area contributed by atoms with Crippen LogP contribution in [-0.2, 0) is 6.54 Å². The molecule has 1 aliphatic heterocycles. The van der Waals surface area contributed by atoms with Crippen LogP contribution < -0.4 is 10.2 Å². The number of rotatable bonds is 7. The van der Waals surface area contributed by atoms with E-state index in [9.17, 15) is 4.39 Å². The molecular weight excluding hydrogens is 267 g/mol. The zero-order valence-corrected chi connectivity index (χ0v) is 12.5. The van der Waals surface area contributed by atoms with Crippen LogP contribution in [0.1, 0.15) is 44.1 Å². The molecule has 0 amide bonds. The van der Waals surface area contributed by atoms with E-state index in [1.54, 1.807) is 6.07 Å². The number of nitrogens with one attached hydrogen (secondary N) is 1. The summed E-state index contributed by atoms with van der Waals surface area (Å²) >= 11 is 0. The summed E-state index contributed by atoms with van der Waals surface area (Å²) in [7, 11) is 0. The van der Waals surface area contributed by atoms with E-state index in [1.807, 2.05) is 12.1 Å². The highest BCUT2D eigenvalue weighted by molar-refractivity contribution is 5.51. The predicted octanol–water partition coefficient (Wildman–Crippen LogP) is 2.82. The molecule has 2 N–H and O–H groups in total. The standard InChI is InChI=1S/C17H25FN2O/c18-16-11-13(12-19-14-6-7-14)5-8-17(16)20-9-1-3-15(20)4-2-10-21/h5,8,11,14-15,19,21H,1-4,6-7,9-10,12H2. The zero-order chi connectivity index (χ0) is 14.7. The van der Waals surface area contributed by atoms with Crippen molar-refractivity contribution in [3.05, 3.63) is 29.6 Å². The molecule has 1 aliphatic carbocycles. The van der Waals surface area contributed by atoms with Gasteiger partial charge in [-0.05, 0) is 56.2 Å². The third-order valence-electron chi connectivity index (χ3n) is 4.57. The summed E-state index contributed by atoms with van der Waals surface area (Å²) in [5, 5.41) is 12.4. The zero-order valence-electron chi connectivity index (χ0n) is 12.5. The van der Waals surface area contributed by atoms with E-state index in [1.165, 1.54) is 12.8 Å². The Bertz CT molecular complexity index is 476. The van der Waals surface area contributed by atoms with Gasteiger partial charge >= 0.3 is 0 Å². The minimum absolute atomic E-state index is 0.110. The van der Waals surface area contributed by atoms with E-state index in [0.29, 0.717) is 12.1 Å². The molecule has 1 unspecified atom stereocenters. The van der Waals surface area contributed by atoms with Crippen molar-refractivity contribution in [2.24, 2.45) is 0 Å². The largest absolute Gasteiger partial charge is 0.396 e. The molecule has 1 heterocycles. The van der Waals surface area contributed by atoms with E-state index in [-0.39, 0.29) is 12.4 Å². The van der Waals surface area contributed by atoms with Gasteiger partial charge in [0, 0.05) is 31.8 Å². The lowest BCUT2D eigenvalue weighted by atomic mass is 10.1. The van der Waals surface area contributed by atoms with Crippen molar-refractivity contribution in [2.45, 2.75) is 57.2 Å². The lowest BCUT2D eigenvalue weighted by molar-refractivity contribution is 0.279. The Morgan fingerprint density at radius 1 is 1.29 bits per heavy atom. The number of halogens is 1. The van der Waals surface area contributed by atoms with Crippen molar-refractivity contribution in [3.8, 4) is 0 Å². The molecule has 21 heavy (non-hydrogen) atoms. The Morgan fingerprint density at radius 3 is 2.86 bits per heavy atom. The van der Waals surface area contributed by atoms with Crippen LogP contribution in [-0.4, -0.2) is 30.3 Å². The van der Waals surface area contributed by atoms with Crippen LogP contribution >= 0.6 is 0 Å². The molecular formula is C17H25FN2O. The van der Waals surface area contributed by atoms with E-state index in [0.717, 1.165) is 50.0 Å². The van der Waals surface area contributed by atoms with Gasteiger partial charge in [0.15, 0.2) is 0 Å². The normalized spacial score (nSPS) is 22.0. The average Bonchev–Trinajstić information content (AvgIpc) is 3.21. The first-order valence-corrected chi connectivity index (χ1v) is 8.17. The van der Waals surface area contributed by atoms with Gasteiger partial charge in [0.05, 0.1) is 5.69 Å². The number of aliphatic hydroxyl groups is 1. The molecule has 3 nitrogen and oxygen atoms in total. The van der Waals surface area contributed by atoms with Crippen LogP contribution in [0.2, 0.25) is 0 Å². The molecule has 4 heteroatoms. The summed E-state index contributed by atoms with van der Waals surface area (Å²) in [5.74, 6) is -0.110. The van der Waals surface area contributed by atoms with Gasteiger partial charge in [-0.2, -0.15) is 0 Å². The summed E-state index contributed by atoms with van der Waals surface area (Å²) in [4.78, 5) is 2.18. The number of anilines is 1. The minimum Gasteiger partial charge on any atom is -0.396 e. The van der Waals surface area contributed by atoms with Gasteiger partial charge in [0.1, 0.15) is 5.82 Å². The first-order chi connectivity index (χ1) is 10.3. The molecule has 3 rings (SSSR count). The molecule has 1 aromatic rings. The maximum Gasteiger partial charge on any atom is 0.146 e. The lowest BCUT2D eigenvalue weighted by Crippen LogP contribution is -2.30. The second kappa shape index (κ2) is 6.75. The van der Waals surface area contributed by atoms with E-state index < -0.39 is 0 Å². The highest BCUT2D eigenvalue weighted by atomic mass is 19.1. The second-order valence-corrected chi connectivity index (χ2v) is 6.30. The van der Waals surface area contributed by atoms with Crippen LogP contribution in [0.3, 0.4) is 0 Å². The molecule has 1 saturated carbocycles.